The minimum atomic E-state index is 0.0196. The first-order chi connectivity index (χ1) is 14.6. The topological polar surface area (TPSA) is 59.1 Å². The molecule has 6 heteroatoms. The van der Waals surface area contributed by atoms with Crippen molar-refractivity contribution >= 4 is 11.8 Å². The molecule has 1 saturated heterocycles. The molecule has 0 unspecified atom stereocenters. The summed E-state index contributed by atoms with van der Waals surface area (Å²) in [5.41, 5.74) is 2.65. The maximum atomic E-state index is 13.3. The second-order valence-corrected chi connectivity index (χ2v) is 7.96. The minimum Gasteiger partial charge on any atom is -0.497 e. The van der Waals surface area contributed by atoms with Gasteiger partial charge in [-0.15, -0.1) is 0 Å². The van der Waals surface area contributed by atoms with Crippen molar-refractivity contribution in [3.63, 3.8) is 0 Å². The molecule has 0 spiro atoms. The lowest BCUT2D eigenvalue weighted by Crippen LogP contribution is -2.32. The van der Waals surface area contributed by atoms with E-state index in [1.54, 1.807) is 14.2 Å². The van der Waals surface area contributed by atoms with Gasteiger partial charge < -0.3 is 19.3 Å². The van der Waals surface area contributed by atoms with Crippen LogP contribution in [0.15, 0.2) is 42.5 Å². The summed E-state index contributed by atoms with van der Waals surface area (Å²) in [6.45, 7) is 1.91. The molecule has 158 valence electrons. The van der Waals surface area contributed by atoms with Gasteiger partial charge in [0.1, 0.15) is 11.5 Å². The van der Waals surface area contributed by atoms with Gasteiger partial charge in [-0.25, -0.2) is 0 Å². The quantitative estimate of drug-likeness (QED) is 0.669. The Morgan fingerprint density at radius 1 is 1.10 bits per heavy atom. The molecule has 2 amide bonds. The summed E-state index contributed by atoms with van der Waals surface area (Å²) >= 11 is 0. The van der Waals surface area contributed by atoms with Crippen molar-refractivity contribution < 1.29 is 19.1 Å². The van der Waals surface area contributed by atoms with E-state index < -0.39 is 0 Å². The van der Waals surface area contributed by atoms with Crippen molar-refractivity contribution in [3.05, 3.63) is 59.2 Å². The summed E-state index contributed by atoms with van der Waals surface area (Å²) in [5, 5.41) is 0. The van der Waals surface area contributed by atoms with Crippen molar-refractivity contribution in [2.45, 2.75) is 44.8 Å². The lowest BCUT2D eigenvalue weighted by molar-refractivity contribution is -0.128. The summed E-state index contributed by atoms with van der Waals surface area (Å²) in [4.78, 5) is 28.9. The Balaban J connectivity index is 1.49. The molecule has 0 atom stereocenters. The van der Waals surface area contributed by atoms with Gasteiger partial charge in [0.15, 0.2) is 0 Å². The summed E-state index contributed by atoms with van der Waals surface area (Å²) in [5.74, 6) is 1.73. The summed E-state index contributed by atoms with van der Waals surface area (Å²) in [6.07, 6.45) is 3.61. The molecule has 0 aromatic heterocycles. The van der Waals surface area contributed by atoms with Crippen molar-refractivity contribution in [2.75, 3.05) is 20.8 Å². The molecule has 0 N–H and O–H groups in total. The van der Waals surface area contributed by atoms with E-state index in [0.29, 0.717) is 25.1 Å². The fraction of sp³-hybridized carbons (Fsp3) is 0.417. The first kappa shape index (κ1) is 20.3. The lowest BCUT2D eigenvalue weighted by Gasteiger charge is -2.24. The van der Waals surface area contributed by atoms with Crippen LogP contribution in [-0.2, 0) is 17.9 Å². The third-order valence-corrected chi connectivity index (χ3v) is 5.82. The van der Waals surface area contributed by atoms with Crippen molar-refractivity contribution in [1.29, 1.82) is 0 Å². The lowest BCUT2D eigenvalue weighted by atomic mass is 10.1. The van der Waals surface area contributed by atoms with E-state index in [4.69, 9.17) is 9.47 Å². The maximum absolute atomic E-state index is 13.3. The molecule has 30 heavy (non-hydrogen) atoms. The number of amides is 2. The Bertz CT molecular complexity index is 921. The van der Waals surface area contributed by atoms with E-state index in [1.807, 2.05) is 52.3 Å². The van der Waals surface area contributed by atoms with Gasteiger partial charge in [-0.05, 0) is 55.2 Å². The molecule has 2 fully saturated rings. The number of hydrogen-bond donors (Lipinski definition) is 0. The van der Waals surface area contributed by atoms with Crippen LogP contribution in [0.4, 0.5) is 0 Å². The highest BCUT2D eigenvalue weighted by Crippen LogP contribution is 2.33. The Hall–Kier alpha value is -3.02. The van der Waals surface area contributed by atoms with Crippen LogP contribution in [0.1, 0.15) is 47.2 Å². The number of carbonyl (C=O) groups excluding carboxylic acids is 2. The zero-order valence-electron chi connectivity index (χ0n) is 17.6. The molecule has 1 heterocycles. The Morgan fingerprint density at radius 2 is 1.87 bits per heavy atom. The molecule has 1 aliphatic carbocycles. The molecule has 2 aromatic carbocycles. The summed E-state index contributed by atoms with van der Waals surface area (Å²) < 4.78 is 10.8. The van der Waals surface area contributed by atoms with E-state index in [1.165, 1.54) is 0 Å². The number of methoxy groups -OCH3 is 2. The van der Waals surface area contributed by atoms with Crippen LogP contribution in [0.2, 0.25) is 0 Å². The SMILES string of the molecule is COc1ccc(OC)c(CN(C(=O)c2ccc(CN3CCCC3=O)cc2)C2CC2)c1. The van der Waals surface area contributed by atoms with E-state index in [2.05, 4.69) is 0 Å². The fourth-order valence-electron chi connectivity index (χ4n) is 3.95. The molecule has 4 rings (SSSR count). The average Bonchev–Trinajstić information content (AvgIpc) is 3.54. The van der Waals surface area contributed by atoms with Crippen LogP contribution in [-0.4, -0.2) is 48.4 Å². The molecule has 2 aliphatic rings. The van der Waals surface area contributed by atoms with Crippen LogP contribution in [0.3, 0.4) is 0 Å². The van der Waals surface area contributed by atoms with Crippen LogP contribution in [0, 0.1) is 0 Å². The van der Waals surface area contributed by atoms with Crippen LogP contribution in [0.25, 0.3) is 0 Å². The Kier molecular flexibility index (Phi) is 5.93. The monoisotopic (exact) mass is 408 g/mol. The van der Waals surface area contributed by atoms with Crippen LogP contribution >= 0.6 is 0 Å². The predicted octanol–water partition coefficient (Wildman–Crippen LogP) is 3.63. The average molecular weight is 408 g/mol. The highest BCUT2D eigenvalue weighted by atomic mass is 16.5. The molecule has 6 nitrogen and oxygen atoms in total. The van der Waals surface area contributed by atoms with Gasteiger partial charge in [0.05, 0.1) is 20.8 Å². The largest absolute Gasteiger partial charge is 0.497 e. The molecule has 0 bridgehead atoms. The van der Waals surface area contributed by atoms with Crippen LogP contribution < -0.4 is 9.47 Å². The highest BCUT2D eigenvalue weighted by Gasteiger charge is 2.33. The van der Waals surface area contributed by atoms with E-state index in [0.717, 1.165) is 48.4 Å². The second kappa shape index (κ2) is 8.78. The summed E-state index contributed by atoms with van der Waals surface area (Å²) in [6, 6.07) is 13.6. The van der Waals surface area contributed by atoms with Crippen LogP contribution in [0.5, 0.6) is 11.5 Å². The standard InChI is InChI=1S/C24H28N2O4/c1-29-21-11-12-22(30-2)19(14-21)16-26(20-9-10-20)24(28)18-7-5-17(6-8-18)15-25-13-3-4-23(25)27/h5-8,11-12,14,20H,3-4,9-10,13,15-16H2,1-2H3. The molecule has 0 radical (unpaired) electrons. The number of likely N-dealkylation sites (tertiary alicyclic amines) is 1. The van der Waals surface area contributed by atoms with Gasteiger partial charge >= 0.3 is 0 Å². The Labute approximate surface area is 177 Å². The number of benzene rings is 2. The number of ether oxygens (including phenoxy) is 2. The maximum Gasteiger partial charge on any atom is 0.254 e. The third-order valence-electron chi connectivity index (χ3n) is 5.82. The smallest absolute Gasteiger partial charge is 0.254 e. The molecule has 1 saturated carbocycles. The van der Waals surface area contributed by atoms with E-state index in [9.17, 15) is 9.59 Å². The second-order valence-electron chi connectivity index (χ2n) is 7.96. The molecule has 2 aromatic rings. The normalized spacial score (nSPS) is 15.9. The van der Waals surface area contributed by atoms with Gasteiger partial charge in [0.25, 0.3) is 5.91 Å². The predicted molar refractivity (Wildman–Crippen MR) is 114 cm³/mol. The van der Waals surface area contributed by atoms with Gasteiger partial charge in [0, 0.05) is 36.7 Å². The number of hydrogen-bond acceptors (Lipinski definition) is 4. The Morgan fingerprint density at radius 3 is 2.47 bits per heavy atom. The molecular formula is C24H28N2O4. The first-order valence-electron chi connectivity index (χ1n) is 10.5. The highest BCUT2D eigenvalue weighted by molar-refractivity contribution is 5.94. The van der Waals surface area contributed by atoms with Gasteiger partial charge in [-0.2, -0.15) is 0 Å². The van der Waals surface area contributed by atoms with E-state index in [-0.39, 0.29) is 17.9 Å². The molecule has 1 aliphatic heterocycles. The zero-order valence-corrected chi connectivity index (χ0v) is 17.6. The number of rotatable bonds is 8. The van der Waals surface area contributed by atoms with E-state index >= 15 is 0 Å². The van der Waals surface area contributed by atoms with Crippen molar-refractivity contribution in [3.8, 4) is 11.5 Å². The fourth-order valence-corrected chi connectivity index (χ4v) is 3.95. The zero-order chi connectivity index (χ0) is 21.1. The van der Waals surface area contributed by atoms with Crippen molar-refractivity contribution in [2.24, 2.45) is 0 Å². The number of nitrogens with zero attached hydrogens (tertiary/aromatic N) is 2. The number of carbonyl (C=O) groups is 2. The third kappa shape index (κ3) is 4.42. The van der Waals surface area contributed by atoms with Gasteiger partial charge in [-0.3, -0.25) is 9.59 Å². The molecular weight excluding hydrogens is 380 g/mol. The van der Waals surface area contributed by atoms with Gasteiger partial charge in [-0.1, -0.05) is 12.1 Å². The van der Waals surface area contributed by atoms with Gasteiger partial charge in [0.2, 0.25) is 5.91 Å². The minimum absolute atomic E-state index is 0.0196. The summed E-state index contributed by atoms with van der Waals surface area (Å²) in [7, 11) is 3.27. The van der Waals surface area contributed by atoms with Crippen molar-refractivity contribution in [1.82, 2.24) is 9.80 Å². The first-order valence-corrected chi connectivity index (χ1v) is 10.5.